The molecule has 9 heteroatoms. The third-order valence-electron chi connectivity index (χ3n) is 9.69. The lowest BCUT2D eigenvalue weighted by atomic mass is 9.81. The second-order valence-corrected chi connectivity index (χ2v) is 13.9. The van der Waals surface area contributed by atoms with Gasteiger partial charge in [-0.3, -0.25) is 14.4 Å². The highest BCUT2D eigenvalue weighted by Crippen LogP contribution is 2.34. The fourth-order valence-electron chi connectivity index (χ4n) is 7.32. The van der Waals surface area contributed by atoms with E-state index in [2.05, 4.69) is 20.5 Å². The highest BCUT2D eigenvalue weighted by atomic mass is 35.5. The van der Waals surface area contributed by atoms with E-state index in [0.717, 1.165) is 66.4 Å². The molecule has 0 saturated heterocycles. The summed E-state index contributed by atoms with van der Waals surface area (Å²) in [4.78, 5) is 48.3. The van der Waals surface area contributed by atoms with Crippen LogP contribution in [0.2, 0.25) is 5.02 Å². The molecule has 2 aliphatic rings. The van der Waals surface area contributed by atoms with E-state index in [9.17, 15) is 14.4 Å². The van der Waals surface area contributed by atoms with Crippen molar-refractivity contribution < 1.29 is 14.4 Å². The standard InChI is InChI=1S/C38H44ClN5O3/c1-43(2)23-26-18-29-19-31(39)16-17-35(29)44(24-26)38(47)34(20-30-22-40-33-11-7-6-10-32(30)33)42-37(46)28-14-12-25(13-15-28)21-41-36(45)27-8-4-3-5-9-27/h3-11,16-17,19,22,25-26,28,34,40H,12-15,18,20-21,23-24H2,1-2H3,(H,41,45)(H,42,46)/t25?,26-,28?,34+/m0/s1. The minimum absolute atomic E-state index is 0.0709. The van der Waals surface area contributed by atoms with Crippen LogP contribution >= 0.6 is 11.6 Å². The summed E-state index contributed by atoms with van der Waals surface area (Å²) in [5, 5.41) is 7.98. The molecule has 246 valence electrons. The van der Waals surface area contributed by atoms with Crippen molar-refractivity contribution in [2.75, 3.05) is 38.6 Å². The number of hydrogen-bond acceptors (Lipinski definition) is 4. The SMILES string of the molecule is CN(C)C[C@@H]1Cc2cc(Cl)ccc2N(C(=O)[C@@H](Cc2c[nH]c3ccccc23)NC(=O)C2CCC(CNC(=O)c3ccccc3)CC2)C1. The molecular formula is C38H44ClN5O3. The molecule has 3 amide bonds. The number of nitrogens with zero attached hydrogens (tertiary/aromatic N) is 2. The van der Waals surface area contributed by atoms with Crippen LogP contribution < -0.4 is 15.5 Å². The van der Waals surface area contributed by atoms with Crippen LogP contribution in [0.3, 0.4) is 0 Å². The number of hydrogen-bond donors (Lipinski definition) is 3. The van der Waals surface area contributed by atoms with E-state index in [-0.39, 0.29) is 29.6 Å². The number of benzene rings is 3. The first kappa shape index (κ1) is 32.8. The topological polar surface area (TPSA) is 97.5 Å². The number of nitrogens with one attached hydrogen (secondary N) is 3. The smallest absolute Gasteiger partial charge is 0.251 e. The first-order valence-corrected chi connectivity index (χ1v) is 17.1. The Morgan fingerprint density at radius 2 is 1.70 bits per heavy atom. The second-order valence-electron chi connectivity index (χ2n) is 13.5. The number of carbonyl (C=O) groups is 3. The van der Waals surface area contributed by atoms with Crippen molar-refractivity contribution in [3.8, 4) is 0 Å². The molecular weight excluding hydrogens is 610 g/mol. The van der Waals surface area contributed by atoms with Crippen molar-refractivity contribution in [3.63, 3.8) is 0 Å². The predicted molar refractivity (Wildman–Crippen MR) is 188 cm³/mol. The summed E-state index contributed by atoms with van der Waals surface area (Å²) in [6.45, 7) is 2.01. The zero-order chi connectivity index (χ0) is 32.9. The monoisotopic (exact) mass is 653 g/mol. The van der Waals surface area contributed by atoms with Gasteiger partial charge in [-0.15, -0.1) is 0 Å². The van der Waals surface area contributed by atoms with Gasteiger partial charge in [0.25, 0.3) is 5.91 Å². The molecule has 6 rings (SSSR count). The Balaban J connectivity index is 1.17. The normalized spacial score (nSPS) is 20.1. The van der Waals surface area contributed by atoms with Gasteiger partial charge in [0.2, 0.25) is 11.8 Å². The number of halogens is 1. The zero-order valence-electron chi connectivity index (χ0n) is 27.2. The van der Waals surface area contributed by atoms with Crippen LogP contribution in [0.15, 0.2) is 79.0 Å². The van der Waals surface area contributed by atoms with Gasteiger partial charge in [0.15, 0.2) is 0 Å². The number of aromatic amines is 1. The summed E-state index contributed by atoms with van der Waals surface area (Å²) in [6, 6.07) is 22.3. The molecule has 0 spiro atoms. The van der Waals surface area contributed by atoms with E-state index in [4.69, 9.17) is 11.6 Å². The maximum absolute atomic E-state index is 14.6. The number of amides is 3. The second kappa shape index (κ2) is 14.7. The van der Waals surface area contributed by atoms with E-state index in [1.807, 2.05) is 98.0 Å². The minimum atomic E-state index is -0.730. The van der Waals surface area contributed by atoms with Crippen molar-refractivity contribution in [1.29, 1.82) is 0 Å². The molecule has 3 N–H and O–H groups in total. The van der Waals surface area contributed by atoms with Gasteiger partial charge < -0.3 is 25.4 Å². The van der Waals surface area contributed by atoms with Crippen LogP contribution in [-0.2, 0) is 22.4 Å². The highest BCUT2D eigenvalue weighted by Gasteiger charge is 2.36. The molecule has 0 unspecified atom stereocenters. The Hall–Kier alpha value is -4.14. The summed E-state index contributed by atoms with van der Waals surface area (Å²) in [5.41, 5.74) is 4.57. The van der Waals surface area contributed by atoms with Crippen LogP contribution in [0, 0.1) is 17.8 Å². The number of rotatable bonds is 10. The largest absolute Gasteiger partial charge is 0.361 e. The van der Waals surface area contributed by atoms with Crippen molar-refractivity contribution in [3.05, 3.63) is 101 Å². The molecule has 1 aliphatic carbocycles. The number of para-hydroxylation sites is 1. The lowest BCUT2D eigenvalue weighted by Gasteiger charge is -2.38. The minimum Gasteiger partial charge on any atom is -0.361 e. The number of fused-ring (bicyclic) bond motifs is 2. The number of aromatic nitrogens is 1. The third kappa shape index (κ3) is 7.88. The van der Waals surface area contributed by atoms with Gasteiger partial charge >= 0.3 is 0 Å². The van der Waals surface area contributed by atoms with Gasteiger partial charge in [0.1, 0.15) is 6.04 Å². The summed E-state index contributed by atoms with van der Waals surface area (Å²) < 4.78 is 0. The quantitative estimate of drug-likeness (QED) is 0.200. The van der Waals surface area contributed by atoms with Gasteiger partial charge in [-0.1, -0.05) is 48.0 Å². The first-order chi connectivity index (χ1) is 22.7. The predicted octanol–water partition coefficient (Wildman–Crippen LogP) is 5.85. The Bertz CT molecular complexity index is 1710. The van der Waals surface area contributed by atoms with Crippen LogP contribution in [0.5, 0.6) is 0 Å². The van der Waals surface area contributed by atoms with Crippen molar-refractivity contribution in [1.82, 2.24) is 20.5 Å². The lowest BCUT2D eigenvalue weighted by molar-refractivity contribution is -0.131. The Kier molecular flexibility index (Phi) is 10.3. The molecule has 1 fully saturated rings. The Morgan fingerprint density at radius 1 is 0.957 bits per heavy atom. The molecule has 8 nitrogen and oxygen atoms in total. The molecule has 4 aromatic rings. The summed E-state index contributed by atoms with van der Waals surface area (Å²) >= 11 is 6.40. The zero-order valence-corrected chi connectivity index (χ0v) is 27.9. The summed E-state index contributed by atoms with van der Waals surface area (Å²) in [5.74, 6) is 0.130. The van der Waals surface area contributed by atoms with E-state index >= 15 is 0 Å². The van der Waals surface area contributed by atoms with Crippen LogP contribution in [0.1, 0.15) is 47.2 Å². The van der Waals surface area contributed by atoms with Gasteiger partial charge in [0.05, 0.1) is 0 Å². The average molecular weight is 654 g/mol. The van der Waals surface area contributed by atoms with Crippen molar-refractivity contribution in [2.45, 2.75) is 44.6 Å². The fourth-order valence-corrected chi connectivity index (χ4v) is 7.51. The molecule has 3 aromatic carbocycles. The summed E-state index contributed by atoms with van der Waals surface area (Å²) in [7, 11) is 4.09. The Labute approximate surface area is 281 Å². The third-order valence-corrected chi connectivity index (χ3v) is 9.92. The van der Waals surface area contributed by atoms with E-state index in [0.29, 0.717) is 36.0 Å². The molecule has 2 atom stereocenters. The molecule has 1 saturated carbocycles. The molecule has 1 aromatic heterocycles. The number of carbonyl (C=O) groups excluding carboxylic acids is 3. The fraction of sp³-hybridized carbons (Fsp3) is 0.395. The number of anilines is 1. The van der Waals surface area contributed by atoms with Gasteiger partial charge in [0, 0.05) is 65.3 Å². The van der Waals surface area contributed by atoms with Crippen molar-refractivity contribution >= 4 is 45.9 Å². The van der Waals surface area contributed by atoms with E-state index in [1.54, 1.807) is 0 Å². The van der Waals surface area contributed by atoms with Gasteiger partial charge in [-0.25, -0.2) is 0 Å². The van der Waals surface area contributed by atoms with Crippen LogP contribution in [0.4, 0.5) is 5.69 Å². The van der Waals surface area contributed by atoms with Crippen molar-refractivity contribution in [2.24, 2.45) is 17.8 Å². The Morgan fingerprint density at radius 3 is 2.47 bits per heavy atom. The van der Waals surface area contributed by atoms with E-state index in [1.165, 1.54) is 0 Å². The van der Waals surface area contributed by atoms with Crippen LogP contribution in [0.25, 0.3) is 10.9 Å². The maximum atomic E-state index is 14.6. The summed E-state index contributed by atoms with van der Waals surface area (Å²) in [6.07, 6.45) is 6.31. The number of H-pyrrole nitrogens is 1. The van der Waals surface area contributed by atoms with E-state index < -0.39 is 6.04 Å². The highest BCUT2D eigenvalue weighted by molar-refractivity contribution is 6.30. The van der Waals surface area contributed by atoms with Gasteiger partial charge in [-0.2, -0.15) is 0 Å². The average Bonchev–Trinajstić information content (AvgIpc) is 3.49. The lowest BCUT2D eigenvalue weighted by Crippen LogP contribution is -2.54. The van der Waals surface area contributed by atoms with Crippen LogP contribution in [-0.4, -0.2) is 67.4 Å². The molecule has 1 aliphatic heterocycles. The molecule has 0 bridgehead atoms. The maximum Gasteiger partial charge on any atom is 0.251 e. The first-order valence-electron chi connectivity index (χ1n) is 16.7. The molecule has 2 heterocycles. The molecule has 47 heavy (non-hydrogen) atoms. The molecule has 0 radical (unpaired) electrons. The van der Waals surface area contributed by atoms with Gasteiger partial charge in [-0.05, 0) is 106 Å².